The third-order valence-electron chi connectivity index (χ3n) is 6.67. The highest BCUT2D eigenvalue weighted by molar-refractivity contribution is 5.94. The zero-order valence-corrected chi connectivity index (χ0v) is 21.8. The number of alkyl halides is 3. The number of nitrogens with zero attached hydrogens (tertiary/aromatic N) is 1. The Bertz CT molecular complexity index is 1380. The Kier molecular flexibility index (Phi) is 9.13. The molecule has 216 valence electrons. The molecule has 1 fully saturated rings. The predicted molar refractivity (Wildman–Crippen MR) is 144 cm³/mol. The van der Waals surface area contributed by atoms with E-state index in [-0.39, 0.29) is 23.8 Å². The maximum atomic E-state index is 13.3. The molecular formula is C29H29F3N4O5. The van der Waals surface area contributed by atoms with Crippen molar-refractivity contribution in [1.29, 1.82) is 0 Å². The molecule has 1 aliphatic heterocycles. The van der Waals surface area contributed by atoms with E-state index in [2.05, 4.69) is 16.0 Å². The van der Waals surface area contributed by atoms with Gasteiger partial charge in [0.2, 0.25) is 5.91 Å². The standard InChI is InChI=1S/C29H29F3N4O5/c30-29(31,32)21-3-1-2-19(14-21)16-36-13-12-23(17-36)33-26(38)25(15-18-4-10-24(37)11-5-18)35-28(41)34-22-8-6-20(7-9-22)27(39)40/h1-11,14,23,25,37H,12-13,15-17H2,(H,33,38)(H,39,40)(H2,34,35,41)/t23?,25-/m0/s1. The molecule has 3 amide bonds. The van der Waals surface area contributed by atoms with Crippen LogP contribution in [0.5, 0.6) is 5.75 Å². The molecule has 0 saturated carbocycles. The number of phenols is 1. The first-order valence-electron chi connectivity index (χ1n) is 12.8. The summed E-state index contributed by atoms with van der Waals surface area (Å²) in [5, 5.41) is 26.8. The fourth-order valence-corrected chi connectivity index (χ4v) is 4.60. The summed E-state index contributed by atoms with van der Waals surface area (Å²) in [5.41, 5.74) is 0.883. The third-order valence-corrected chi connectivity index (χ3v) is 6.67. The Morgan fingerprint density at radius 2 is 1.68 bits per heavy atom. The van der Waals surface area contributed by atoms with Gasteiger partial charge in [-0.05, 0) is 60.0 Å². The summed E-state index contributed by atoms with van der Waals surface area (Å²) in [6, 6.07) is 14.9. The van der Waals surface area contributed by atoms with Gasteiger partial charge in [-0.1, -0.05) is 30.3 Å². The second-order valence-electron chi connectivity index (χ2n) is 9.83. The smallest absolute Gasteiger partial charge is 0.416 e. The monoisotopic (exact) mass is 570 g/mol. The van der Waals surface area contributed by atoms with E-state index in [0.29, 0.717) is 42.9 Å². The van der Waals surface area contributed by atoms with E-state index in [1.54, 1.807) is 18.2 Å². The van der Waals surface area contributed by atoms with Gasteiger partial charge in [0.15, 0.2) is 0 Å². The average Bonchev–Trinajstić information content (AvgIpc) is 3.35. The molecule has 3 aromatic carbocycles. The highest BCUT2D eigenvalue weighted by Gasteiger charge is 2.31. The van der Waals surface area contributed by atoms with Gasteiger partial charge in [-0.3, -0.25) is 9.69 Å². The number of aromatic carboxylic acids is 1. The molecule has 9 nitrogen and oxygen atoms in total. The average molecular weight is 571 g/mol. The first-order chi connectivity index (χ1) is 19.5. The Morgan fingerprint density at radius 3 is 2.34 bits per heavy atom. The number of carboxylic acid groups (broad SMARTS) is 1. The van der Waals surface area contributed by atoms with E-state index in [1.165, 1.54) is 42.5 Å². The van der Waals surface area contributed by atoms with Gasteiger partial charge in [0, 0.05) is 37.8 Å². The molecule has 2 atom stereocenters. The quantitative estimate of drug-likeness (QED) is 0.262. The molecule has 5 N–H and O–H groups in total. The first kappa shape index (κ1) is 29.4. The molecule has 1 heterocycles. The van der Waals surface area contributed by atoms with Gasteiger partial charge in [0.1, 0.15) is 11.8 Å². The number of carbonyl (C=O) groups is 3. The fourth-order valence-electron chi connectivity index (χ4n) is 4.60. The number of anilines is 1. The van der Waals surface area contributed by atoms with Crippen LogP contribution < -0.4 is 16.0 Å². The fraction of sp³-hybridized carbons (Fsp3) is 0.276. The van der Waals surface area contributed by atoms with Crippen LogP contribution in [0.25, 0.3) is 0 Å². The lowest BCUT2D eigenvalue weighted by Crippen LogP contribution is -2.52. The van der Waals surface area contributed by atoms with Gasteiger partial charge < -0.3 is 26.2 Å². The maximum absolute atomic E-state index is 13.3. The van der Waals surface area contributed by atoms with Crippen LogP contribution in [0.3, 0.4) is 0 Å². The number of hydrogen-bond acceptors (Lipinski definition) is 5. The second-order valence-corrected chi connectivity index (χ2v) is 9.83. The highest BCUT2D eigenvalue weighted by atomic mass is 19.4. The Balaban J connectivity index is 1.38. The molecule has 1 aliphatic rings. The molecule has 1 unspecified atom stereocenters. The Labute approximate surface area is 234 Å². The number of carboxylic acids is 1. The lowest BCUT2D eigenvalue weighted by molar-refractivity contribution is -0.137. The Hall–Kier alpha value is -4.58. The van der Waals surface area contributed by atoms with Crippen molar-refractivity contribution < 1.29 is 37.8 Å². The van der Waals surface area contributed by atoms with Crippen LogP contribution >= 0.6 is 0 Å². The number of halogens is 3. The van der Waals surface area contributed by atoms with Crippen LogP contribution in [0.1, 0.15) is 33.5 Å². The number of amides is 3. The zero-order chi connectivity index (χ0) is 29.6. The topological polar surface area (TPSA) is 131 Å². The molecule has 12 heteroatoms. The minimum atomic E-state index is -4.43. The number of urea groups is 1. The summed E-state index contributed by atoms with van der Waals surface area (Å²) in [5.74, 6) is -1.50. The van der Waals surface area contributed by atoms with E-state index in [9.17, 15) is 32.7 Å². The molecule has 0 radical (unpaired) electrons. The minimum Gasteiger partial charge on any atom is -0.508 e. The van der Waals surface area contributed by atoms with Gasteiger partial charge in [-0.15, -0.1) is 0 Å². The summed E-state index contributed by atoms with van der Waals surface area (Å²) < 4.78 is 39.2. The summed E-state index contributed by atoms with van der Waals surface area (Å²) >= 11 is 0. The lowest BCUT2D eigenvalue weighted by Gasteiger charge is -2.22. The second kappa shape index (κ2) is 12.7. The highest BCUT2D eigenvalue weighted by Crippen LogP contribution is 2.30. The van der Waals surface area contributed by atoms with E-state index in [1.807, 2.05) is 4.90 Å². The van der Waals surface area contributed by atoms with E-state index >= 15 is 0 Å². The van der Waals surface area contributed by atoms with Gasteiger partial charge in [-0.25, -0.2) is 9.59 Å². The van der Waals surface area contributed by atoms with Gasteiger partial charge in [0.05, 0.1) is 11.1 Å². The summed E-state index contributed by atoms with van der Waals surface area (Å²) in [7, 11) is 0. The SMILES string of the molecule is O=C(Nc1ccc(C(=O)O)cc1)N[C@@H](Cc1ccc(O)cc1)C(=O)NC1CCN(Cc2cccc(C(F)(F)F)c2)C1. The van der Waals surface area contributed by atoms with Crippen LogP contribution in [0, 0.1) is 0 Å². The van der Waals surface area contributed by atoms with Crippen LogP contribution in [0.4, 0.5) is 23.7 Å². The molecule has 0 aromatic heterocycles. The van der Waals surface area contributed by atoms with Crippen molar-refractivity contribution in [3.05, 3.63) is 95.1 Å². The van der Waals surface area contributed by atoms with Crippen molar-refractivity contribution in [2.24, 2.45) is 0 Å². The largest absolute Gasteiger partial charge is 0.508 e. The van der Waals surface area contributed by atoms with E-state index in [4.69, 9.17) is 5.11 Å². The number of likely N-dealkylation sites (tertiary alicyclic amines) is 1. The van der Waals surface area contributed by atoms with E-state index in [0.717, 1.165) is 12.1 Å². The molecule has 3 aromatic rings. The number of nitrogens with one attached hydrogen (secondary N) is 3. The zero-order valence-electron chi connectivity index (χ0n) is 21.8. The first-order valence-corrected chi connectivity index (χ1v) is 12.8. The maximum Gasteiger partial charge on any atom is 0.416 e. The van der Waals surface area contributed by atoms with Crippen LogP contribution in [-0.2, 0) is 23.9 Å². The summed E-state index contributed by atoms with van der Waals surface area (Å²) in [6.45, 7) is 1.30. The molecule has 1 saturated heterocycles. The van der Waals surface area contributed by atoms with Crippen molar-refractivity contribution >= 4 is 23.6 Å². The van der Waals surface area contributed by atoms with Crippen molar-refractivity contribution in [2.75, 3.05) is 18.4 Å². The molecule has 0 bridgehead atoms. The Morgan fingerprint density at radius 1 is 0.976 bits per heavy atom. The summed E-state index contributed by atoms with van der Waals surface area (Å²) in [6.07, 6.45) is -3.72. The number of carbonyl (C=O) groups excluding carboxylic acids is 2. The van der Waals surface area contributed by atoms with Crippen molar-refractivity contribution in [3.8, 4) is 5.75 Å². The van der Waals surface area contributed by atoms with Crippen LogP contribution in [-0.4, -0.2) is 58.2 Å². The van der Waals surface area contributed by atoms with Crippen molar-refractivity contribution in [3.63, 3.8) is 0 Å². The lowest BCUT2D eigenvalue weighted by atomic mass is 10.0. The molecular weight excluding hydrogens is 541 g/mol. The molecule has 0 spiro atoms. The number of benzene rings is 3. The summed E-state index contributed by atoms with van der Waals surface area (Å²) in [4.78, 5) is 39.0. The third kappa shape index (κ3) is 8.45. The van der Waals surface area contributed by atoms with Crippen molar-refractivity contribution in [2.45, 2.75) is 37.6 Å². The number of rotatable bonds is 9. The molecule has 0 aliphatic carbocycles. The molecule has 4 rings (SSSR count). The van der Waals surface area contributed by atoms with Gasteiger partial charge in [-0.2, -0.15) is 13.2 Å². The van der Waals surface area contributed by atoms with Gasteiger partial charge in [0.25, 0.3) is 0 Å². The van der Waals surface area contributed by atoms with Crippen LogP contribution in [0.15, 0.2) is 72.8 Å². The number of phenolic OH excluding ortho intramolecular Hbond substituents is 1. The normalized spacial score (nSPS) is 16.1. The predicted octanol–water partition coefficient (Wildman–Crippen LogP) is 4.23. The number of aromatic hydroxyl groups is 1. The van der Waals surface area contributed by atoms with Crippen molar-refractivity contribution in [1.82, 2.24) is 15.5 Å². The number of hydrogen-bond donors (Lipinski definition) is 5. The van der Waals surface area contributed by atoms with Gasteiger partial charge >= 0.3 is 18.2 Å². The minimum absolute atomic E-state index is 0.0529. The molecule has 41 heavy (non-hydrogen) atoms. The van der Waals surface area contributed by atoms with Crippen LogP contribution in [0.2, 0.25) is 0 Å². The van der Waals surface area contributed by atoms with E-state index < -0.39 is 35.7 Å².